The van der Waals surface area contributed by atoms with Crippen LogP contribution >= 0.6 is 0 Å². The molecule has 0 aromatic carbocycles. The standard InChI is InChI=1S/C16H30N4O2/c1-7-20-14(8-9-18-20)11-17-10-13(2)12-19(6)15(21)22-16(3,4)5/h8-9,13,17H,7,10-12H2,1-6H3. The molecule has 1 aromatic heterocycles. The lowest BCUT2D eigenvalue weighted by molar-refractivity contribution is 0.0277. The molecule has 22 heavy (non-hydrogen) atoms. The van der Waals surface area contributed by atoms with E-state index in [0.29, 0.717) is 12.5 Å². The van der Waals surface area contributed by atoms with Gasteiger partial charge in [0.25, 0.3) is 0 Å². The zero-order valence-electron chi connectivity index (χ0n) is 14.7. The van der Waals surface area contributed by atoms with Crippen molar-refractivity contribution in [2.24, 2.45) is 5.92 Å². The zero-order valence-corrected chi connectivity index (χ0v) is 14.7. The monoisotopic (exact) mass is 310 g/mol. The molecule has 0 aliphatic carbocycles. The van der Waals surface area contributed by atoms with Crippen LogP contribution in [0, 0.1) is 5.92 Å². The molecule has 0 bridgehead atoms. The Bertz CT molecular complexity index is 465. The van der Waals surface area contributed by atoms with E-state index in [2.05, 4.69) is 24.3 Å². The van der Waals surface area contributed by atoms with Crippen LogP contribution in [0.1, 0.15) is 40.3 Å². The maximum absolute atomic E-state index is 11.9. The predicted octanol–water partition coefficient (Wildman–Crippen LogP) is 2.50. The third-order valence-electron chi connectivity index (χ3n) is 3.19. The zero-order chi connectivity index (χ0) is 16.8. The molecule has 0 spiro atoms. The van der Waals surface area contributed by atoms with Gasteiger partial charge in [-0.15, -0.1) is 0 Å². The minimum Gasteiger partial charge on any atom is -0.444 e. The van der Waals surface area contributed by atoms with Crippen molar-refractivity contribution in [1.82, 2.24) is 20.0 Å². The van der Waals surface area contributed by atoms with Crippen molar-refractivity contribution in [3.63, 3.8) is 0 Å². The van der Waals surface area contributed by atoms with Gasteiger partial charge in [0.15, 0.2) is 0 Å². The van der Waals surface area contributed by atoms with Gasteiger partial charge in [-0.05, 0) is 46.2 Å². The van der Waals surface area contributed by atoms with Gasteiger partial charge < -0.3 is 15.0 Å². The summed E-state index contributed by atoms with van der Waals surface area (Å²) in [6, 6.07) is 2.02. The maximum Gasteiger partial charge on any atom is 0.410 e. The SMILES string of the molecule is CCn1nccc1CNCC(C)CN(C)C(=O)OC(C)(C)C. The van der Waals surface area contributed by atoms with Gasteiger partial charge in [0.1, 0.15) is 5.60 Å². The summed E-state index contributed by atoms with van der Waals surface area (Å²) >= 11 is 0. The molecule has 1 aromatic rings. The summed E-state index contributed by atoms with van der Waals surface area (Å²) in [6.45, 7) is 13.0. The molecule has 1 N–H and O–H groups in total. The summed E-state index contributed by atoms with van der Waals surface area (Å²) in [5.41, 5.74) is 0.723. The van der Waals surface area contributed by atoms with Crippen LogP contribution in [0.5, 0.6) is 0 Å². The second-order valence-electron chi connectivity index (χ2n) is 6.74. The number of rotatable bonds is 7. The minimum atomic E-state index is -0.453. The molecule has 0 saturated heterocycles. The number of carbonyl (C=O) groups is 1. The molecule has 0 aliphatic rings. The molecule has 1 amide bonds. The maximum atomic E-state index is 11.9. The fourth-order valence-electron chi connectivity index (χ4n) is 2.19. The Balaban J connectivity index is 2.31. The normalized spacial score (nSPS) is 13.0. The molecule has 1 rings (SSSR count). The number of nitrogens with zero attached hydrogens (tertiary/aromatic N) is 3. The van der Waals surface area contributed by atoms with Gasteiger partial charge in [0.2, 0.25) is 0 Å². The third-order valence-corrected chi connectivity index (χ3v) is 3.19. The molecule has 126 valence electrons. The fraction of sp³-hybridized carbons (Fsp3) is 0.750. The second-order valence-corrected chi connectivity index (χ2v) is 6.74. The molecule has 6 heteroatoms. The van der Waals surface area contributed by atoms with Crippen molar-refractivity contribution < 1.29 is 9.53 Å². The smallest absolute Gasteiger partial charge is 0.410 e. The first-order valence-electron chi connectivity index (χ1n) is 7.88. The van der Waals surface area contributed by atoms with Crippen LogP contribution < -0.4 is 5.32 Å². The first-order valence-corrected chi connectivity index (χ1v) is 7.88. The molecular formula is C16H30N4O2. The van der Waals surface area contributed by atoms with E-state index in [1.54, 1.807) is 11.9 Å². The van der Waals surface area contributed by atoms with Crippen LogP contribution in [0.25, 0.3) is 0 Å². The first kappa shape index (κ1) is 18.5. The fourth-order valence-corrected chi connectivity index (χ4v) is 2.19. The molecule has 6 nitrogen and oxygen atoms in total. The summed E-state index contributed by atoms with van der Waals surface area (Å²) < 4.78 is 7.33. The van der Waals surface area contributed by atoms with Crippen LogP contribution in [0.4, 0.5) is 4.79 Å². The van der Waals surface area contributed by atoms with E-state index in [-0.39, 0.29) is 6.09 Å². The predicted molar refractivity (Wildman–Crippen MR) is 87.6 cm³/mol. The lowest BCUT2D eigenvalue weighted by atomic mass is 10.1. The lowest BCUT2D eigenvalue weighted by Crippen LogP contribution is -2.38. The second kappa shape index (κ2) is 8.17. The van der Waals surface area contributed by atoms with Gasteiger partial charge in [-0.1, -0.05) is 6.92 Å². The molecule has 0 fully saturated rings. The highest BCUT2D eigenvalue weighted by Gasteiger charge is 2.20. The summed E-state index contributed by atoms with van der Waals surface area (Å²) in [7, 11) is 1.77. The quantitative estimate of drug-likeness (QED) is 0.840. The number of aromatic nitrogens is 2. The van der Waals surface area contributed by atoms with Crippen molar-refractivity contribution in [3.8, 4) is 0 Å². The van der Waals surface area contributed by atoms with Crippen molar-refractivity contribution in [2.75, 3.05) is 20.1 Å². The van der Waals surface area contributed by atoms with Crippen molar-refractivity contribution in [1.29, 1.82) is 0 Å². The molecule has 0 radical (unpaired) electrons. The third kappa shape index (κ3) is 6.47. The van der Waals surface area contributed by atoms with E-state index >= 15 is 0 Å². The van der Waals surface area contributed by atoms with Gasteiger partial charge in [0.05, 0.1) is 5.69 Å². The lowest BCUT2D eigenvalue weighted by Gasteiger charge is -2.26. The van der Waals surface area contributed by atoms with E-state index in [9.17, 15) is 4.79 Å². The number of amides is 1. The largest absolute Gasteiger partial charge is 0.444 e. The summed E-state index contributed by atoms with van der Waals surface area (Å²) in [4.78, 5) is 13.5. The number of hydrogen-bond donors (Lipinski definition) is 1. The molecule has 1 heterocycles. The van der Waals surface area contributed by atoms with Crippen molar-refractivity contribution in [2.45, 2.75) is 53.3 Å². The Kier molecular flexibility index (Phi) is 6.87. The van der Waals surface area contributed by atoms with E-state index in [1.807, 2.05) is 37.7 Å². The van der Waals surface area contributed by atoms with Crippen molar-refractivity contribution >= 4 is 6.09 Å². The molecule has 1 atom stereocenters. The first-order chi connectivity index (χ1) is 10.2. The van der Waals surface area contributed by atoms with E-state index < -0.39 is 5.60 Å². The highest BCUT2D eigenvalue weighted by atomic mass is 16.6. The number of carbonyl (C=O) groups excluding carboxylic acids is 1. The van der Waals surface area contributed by atoms with Gasteiger partial charge >= 0.3 is 6.09 Å². The number of ether oxygens (including phenoxy) is 1. The Hall–Kier alpha value is -1.56. The van der Waals surface area contributed by atoms with E-state index in [1.165, 1.54) is 5.69 Å². The average Bonchev–Trinajstić information content (AvgIpc) is 2.84. The Morgan fingerprint density at radius 3 is 2.77 bits per heavy atom. The van der Waals surface area contributed by atoms with Crippen LogP contribution in [0.2, 0.25) is 0 Å². The average molecular weight is 310 g/mol. The topological polar surface area (TPSA) is 59.4 Å². The van der Waals surface area contributed by atoms with Crippen LogP contribution in [-0.4, -0.2) is 46.5 Å². The number of nitrogens with one attached hydrogen (secondary N) is 1. The number of aryl methyl sites for hydroxylation is 1. The summed E-state index contributed by atoms with van der Waals surface area (Å²) in [5.74, 6) is 0.343. The summed E-state index contributed by atoms with van der Waals surface area (Å²) in [6.07, 6.45) is 1.55. The van der Waals surface area contributed by atoms with Gasteiger partial charge in [0, 0.05) is 32.9 Å². The number of hydrogen-bond acceptors (Lipinski definition) is 4. The van der Waals surface area contributed by atoms with E-state index in [0.717, 1.165) is 19.6 Å². The van der Waals surface area contributed by atoms with Crippen molar-refractivity contribution in [3.05, 3.63) is 18.0 Å². The molecule has 0 aliphatic heterocycles. The van der Waals surface area contributed by atoms with Gasteiger partial charge in [-0.25, -0.2) is 4.79 Å². The summed E-state index contributed by atoms with van der Waals surface area (Å²) in [5, 5.41) is 7.66. The molecular weight excluding hydrogens is 280 g/mol. The van der Waals surface area contributed by atoms with Crippen LogP contribution in [0.3, 0.4) is 0 Å². The van der Waals surface area contributed by atoms with E-state index in [4.69, 9.17) is 4.74 Å². The van der Waals surface area contributed by atoms with Gasteiger partial charge in [-0.2, -0.15) is 5.10 Å². The van der Waals surface area contributed by atoms with Crippen LogP contribution in [0.15, 0.2) is 12.3 Å². The highest BCUT2D eigenvalue weighted by molar-refractivity contribution is 5.67. The Labute approximate surface area is 133 Å². The molecule has 1 unspecified atom stereocenters. The minimum absolute atomic E-state index is 0.275. The highest BCUT2D eigenvalue weighted by Crippen LogP contribution is 2.10. The van der Waals surface area contributed by atoms with Gasteiger partial charge in [-0.3, -0.25) is 4.68 Å². The Morgan fingerprint density at radius 2 is 2.18 bits per heavy atom. The van der Waals surface area contributed by atoms with Crippen LogP contribution in [-0.2, 0) is 17.8 Å². The Morgan fingerprint density at radius 1 is 1.50 bits per heavy atom. The molecule has 0 saturated carbocycles.